The molecule has 0 bridgehead atoms. The minimum atomic E-state index is -0.553. The molecule has 0 aromatic heterocycles. The van der Waals surface area contributed by atoms with E-state index >= 15 is 0 Å². The van der Waals surface area contributed by atoms with Crippen LogP contribution in [0.2, 0.25) is 0 Å². The van der Waals surface area contributed by atoms with Gasteiger partial charge in [-0.25, -0.2) is 4.79 Å². The molecule has 2 atom stereocenters. The van der Waals surface area contributed by atoms with Crippen LogP contribution < -0.4 is 0 Å². The zero-order valence-corrected chi connectivity index (χ0v) is 13.5. The van der Waals surface area contributed by atoms with Gasteiger partial charge in [0.15, 0.2) is 0 Å². The SMILES string of the molecule is COC(=O)[C@@H]1CN(C(=O)OC(C)(C)C)C[C@@H]1c1ccccc1. The van der Waals surface area contributed by atoms with E-state index in [4.69, 9.17) is 9.47 Å². The maximum Gasteiger partial charge on any atom is 0.410 e. The Bertz CT molecular complexity index is 535. The normalized spacial score (nSPS) is 21.5. The van der Waals surface area contributed by atoms with E-state index < -0.39 is 5.60 Å². The molecule has 1 aliphatic heterocycles. The van der Waals surface area contributed by atoms with Crippen molar-refractivity contribution in [3.63, 3.8) is 0 Å². The number of benzene rings is 1. The number of likely N-dealkylation sites (tertiary alicyclic amines) is 1. The molecule has 0 N–H and O–H groups in total. The van der Waals surface area contributed by atoms with E-state index in [0.29, 0.717) is 13.1 Å². The standard InChI is InChI=1S/C17H23NO4/c1-17(2,3)22-16(20)18-10-13(12-8-6-5-7-9-12)14(11-18)15(19)21-4/h5-9,13-14H,10-11H2,1-4H3/t13-,14-/m1/s1. The van der Waals surface area contributed by atoms with Gasteiger partial charge in [-0.2, -0.15) is 0 Å². The van der Waals surface area contributed by atoms with Crippen LogP contribution in [0.4, 0.5) is 4.79 Å². The Labute approximate surface area is 131 Å². The molecule has 1 heterocycles. The van der Waals surface area contributed by atoms with Crippen LogP contribution in [0.25, 0.3) is 0 Å². The second kappa shape index (κ2) is 6.38. The van der Waals surface area contributed by atoms with Crippen LogP contribution >= 0.6 is 0 Å². The van der Waals surface area contributed by atoms with Crippen LogP contribution in [0.3, 0.4) is 0 Å². The van der Waals surface area contributed by atoms with E-state index in [0.717, 1.165) is 5.56 Å². The van der Waals surface area contributed by atoms with Gasteiger partial charge in [-0.3, -0.25) is 4.79 Å². The average molecular weight is 305 g/mol. The lowest BCUT2D eigenvalue weighted by Crippen LogP contribution is -2.36. The molecule has 22 heavy (non-hydrogen) atoms. The van der Waals surface area contributed by atoms with Gasteiger partial charge in [0.05, 0.1) is 13.0 Å². The highest BCUT2D eigenvalue weighted by Crippen LogP contribution is 2.34. The summed E-state index contributed by atoms with van der Waals surface area (Å²) in [4.78, 5) is 25.9. The molecule has 1 aliphatic rings. The van der Waals surface area contributed by atoms with Gasteiger partial charge in [-0.05, 0) is 26.3 Å². The van der Waals surface area contributed by atoms with Crippen LogP contribution in [-0.4, -0.2) is 42.8 Å². The molecule has 2 rings (SSSR count). The van der Waals surface area contributed by atoms with E-state index in [2.05, 4.69) is 0 Å². The molecule has 1 aromatic rings. The summed E-state index contributed by atoms with van der Waals surface area (Å²) >= 11 is 0. The fourth-order valence-corrected chi connectivity index (χ4v) is 2.71. The van der Waals surface area contributed by atoms with Gasteiger partial charge in [0, 0.05) is 19.0 Å². The number of hydrogen-bond donors (Lipinski definition) is 0. The quantitative estimate of drug-likeness (QED) is 0.788. The van der Waals surface area contributed by atoms with Crippen molar-refractivity contribution in [3.8, 4) is 0 Å². The molecule has 120 valence electrons. The first-order chi connectivity index (χ1) is 10.3. The zero-order valence-electron chi connectivity index (χ0n) is 13.5. The van der Waals surface area contributed by atoms with Gasteiger partial charge in [0.1, 0.15) is 5.60 Å². The van der Waals surface area contributed by atoms with Gasteiger partial charge in [-0.1, -0.05) is 30.3 Å². The first-order valence-electron chi connectivity index (χ1n) is 7.42. The highest BCUT2D eigenvalue weighted by Gasteiger charge is 2.42. The third kappa shape index (κ3) is 3.78. The second-order valence-electron chi connectivity index (χ2n) is 6.53. The molecule has 1 fully saturated rings. The Morgan fingerprint density at radius 1 is 1.14 bits per heavy atom. The van der Waals surface area contributed by atoms with Crippen molar-refractivity contribution in [3.05, 3.63) is 35.9 Å². The van der Waals surface area contributed by atoms with Crippen molar-refractivity contribution in [2.24, 2.45) is 5.92 Å². The minimum Gasteiger partial charge on any atom is -0.469 e. The molecular formula is C17H23NO4. The van der Waals surface area contributed by atoms with Crippen molar-refractivity contribution in [2.45, 2.75) is 32.3 Å². The molecular weight excluding hydrogens is 282 g/mol. The van der Waals surface area contributed by atoms with Crippen molar-refractivity contribution in [1.29, 1.82) is 0 Å². The number of carbonyl (C=O) groups excluding carboxylic acids is 2. The Hall–Kier alpha value is -2.04. The maximum absolute atomic E-state index is 12.2. The van der Waals surface area contributed by atoms with Crippen molar-refractivity contribution < 1.29 is 19.1 Å². The number of methoxy groups -OCH3 is 1. The Morgan fingerprint density at radius 2 is 1.77 bits per heavy atom. The summed E-state index contributed by atoms with van der Waals surface area (Å²) in [6.07, 6.45) is -0.389. The fraction of sp³-hybridized carbons (Fsp3) is 0.529. The Kier molecular flexibility index (Phi) is 4.74. The van der Waals surface area contributed by atoms with Crippen LogP contribution in [0.5, 0.6) is 0 Å². The van der Waals surface area contributed by atoms with Gasteiger partial charge in [0.25, 0.3) is 0 Å². The molecule has 0 saturated carbocycles. The van der Waals surface area contributed by atoms with Gasteiger partial charge >= 0.3 is 12.1 Å². The van der Waals surface area contributed by atoms with Crippen molar-refractivity contribution in [2.75, 3.05) is 20.2 Å². The van der Waals surface area contributed by atoms with E-state index in [1.807, 2.05) is 51.1 Å². The monoisotopic (exact) mass is 305 g/mol. The number of amides is 1. The Morgan fingerprint density at radius 3 is 2.32 bits per heavy atom. The molecule has 1 aromatic carbocycles. The van der Waals surface area contributed by atoms with Gasteiger partial charge < -0.3 is 14.4 Å². The first kappa shape index (κ1) is 16.3. The Balaban J connectivity index is 2.18. The predicted octanol–water partition coefficient (Wildman–Crippen LogP) is 2.81. The molecule has 1 saturated heterocycles. The molecule has 5 heteroatoms. The lowest BCUT2D eigenvalue weighted by atomic mass is 9.89. The molecule has 0 radical (unpaired) electrons. The van der Waals surface area contributed by atoms with E-state index in [-0.39, 0.29) is 23.9 Å². The largest absolute Gasteiger partial charge is 0.469 e. The molecule has 5 nitrogen and oxygen atoms in total. The summed E-state index contributed by atoms with van der Waals surface area (Å²) in [5.74, 6) is -0.721. The van der Waals surface area contributed by atoms with Crippen molar-refractivity contribution in [1.82, 2.24) is 4.90 Å². The summed E-state index contributed by atoms with van der Waals surface area (Å²) in [6.45, 7) is 6.26. The number of esters is 1. The van der Waals surface area contributed by atoms with E-state index in [9.17, 15) is 9.59 Å². The maximum atomic E-state index is 12.2. The third-order valence-corrected chi connectivity index (χ3v) is 3.70. The van der Waals surface area contributed by atoms with Crippen molar-refractivity contribution >= 4 is 12.1 Å². The summed E-state index contributed by atoms with van der Waals surface area (Å²) in [5.41, 5.74) is 0.479. The smallest absolute Gasteiger partial charge is 0.410 e. The molecule has 0 spiro atoms. The second-order valence-corrected chi connectivity index (χ2v) is 6.53. The molecule has 0 unspecified atom stereocenters. The lowest BCUT2D eigenvalue weighted by molar-refractivity contribution is -0.145. The summed E-state index contributed by atoms with van der Waals surface area (Å²) < 4.78 is 10.3. The average Bonchev–Trinajstić information content (AvgIpc) is 2.91. The molecule has 0 aliphatic carbocycles. The molecule has 1 amide bonds. The van der Waals surface area contributed by atoms with Crippen LogP contribution in [0.15, 0.2) is 30.3 Å². The third-order valence-electron chi connectivity index (χ3n) is 3.70. The minimum absolute atomic E-state index is 0.0684. The summed E-state index contributed by atoms with van der Waals surface area (Å²) in [5, 5.41) is 0. The number of rotatable bonds is 2. The number of hydrogen-bond acceptors (Lipinski definition) is 4. The number of nitrogens with zero attached hydrogens (tertiary/aromatic N) is 1. The zero-order chi connectivity index (χ0) is 16.3. The van der Waals surface area contributed by atoms with Crippen LogP contribution in [-0.2, 0) is 14.3 Å². The van der Waals surface area contributed by atoms with E-state index in [1.54, 1.807) is 4.90 Å². The van der Waals surface area contributed by atoms with Gasteiger partial charge in [-0.15, -0.1) is 0 Å². The summed E-state index contributed by atoms with van der Waals surface area (Å²) in [6, 6.07) is 9.73. The summed E-state index contributed by atoms with van der Waals surface area (Å²) in [7, 11) is 1.38. The number of ether oxygens (including phenoxy) is 2. The highest BCUT2D eigenvalue weighted by molar-refractivity contribution is 5.77. The fourth-order valence-electron chi connectivity index (χ4n) is 2.71. The predicted molar refractivity (Wildman–Crippen MR) is 82.5 cm³/mol. The van der Waals surface area contributed by atoms with E-state index in [1.165, 1.54) is 7.11 Å². The van der Waals surface area contributed by atoms with Crippen LogP contribution in [0.1, 0.15) is 32.3 Å². The number of carbonyl (C=O) groups is 2. The first-order valence-corrected chi connectivity index (χ1v) is 7.42. The highest BCUT2D eigenvalue weighted by atomic mass is 16.6. The van der Waals surface area contributed by atoms with Gasteiger partial charge in [0.2, 0.25) is 0 Å². The topological polar surface area (TPSA) is 55.8 Å². The van der Waals surface area contributed by atoms with Crippen LogP contribution in [0, 0.1) is 5.92 Å². The lowest BCUT2D eigenvalue weighted by Gasteiger charge is -2.24.